The quantitative estimate of drug-likeness (QED) is 0.351. The molecule has 4 aromatic carbocycles. The van der Waals surface area contributed by atoms with Crippen LogP contribution in [0.15, 0.2) is 78.9 Å². The van der Waals surface area contributed by atoms with Gasteiger partial charge in [-0.1, -0.05) is 72.3 Å². The summed E-state index contributed by atoms with van der Waals surface area (Å²) in [5.41, 5.74) is 9.48. The van der Waals surface area contributed by atoms with Crippen molar-refractivity contribution in [3.8, 4) is 11.1 Å². The predicted molar refractivity (Wildman–Crippen MR) is 112 cm³/mol. The summed E-state index contributed by atoms with van der Waals surface area (Å²) in [6.07, 6.45) is 0. The lowest BCUT2D eigenvalue weighted by molar-refractivity contribution is 1.46. The Kier molecular flexibility index (Phi) is 3.34. The number of halogens is 1. The molecule has 1 heterocycles. The molecular formula is C23H15ClN2. The van der Waals surface area contributed by atoms with Crippen molar-refractivity contribution < 1.29 is 0 Å². The zero-order valence-electron chi connectivity index (χ0n) is 13.9. The van der Waals surface area contributed by atoms with Gasteiger partial charge in [-0.25, -0.2) is 4.98 Å². The van der Waals surface area contributed by atoms with Crippen LogP contribution in [0, 0.1) is 0 Å². The largest absolute Gasteiger partial charge is 0.383 e. The van der Waals surface area contributed by atoms with E-state index in [9.17, 15) is 0 Å². The van der Waals surface area contributed by atoms with Crippen molar-refractivity contribution in [2.24, 2.45) is 0 Å². The standard InChI is InChI=1S/C23H15ClN2/c24-16-11-9-14(10-12-16)20-13-15-5-1-2-6-17(15)22-21(20)18-7-3-4-8-19(18)23(25)26-22/h1-13H,(H2,25,26). The SMILES string of the molecule is Nc1nc2c3ccccc3cc(-c3ccc(Cl)cc3)c2c2ccccc12. The maximum atomic E-state index is 6.29. The Morgan fingerprint density at radius 2 is 1.38 bits per heavy atom. The van der Waals surface area contributed by atoms with E-state index < -0.39 is 0 Å². The smallest absolute Gasteiger partial charge is 0.132 e. The molecule has 0 unspecified atom stereocenters. The van der Waals surface area contributed by atoms with Gasteiger partial charge < -0.3 is 5.73 Å². The first-order valence-corrected chi connectivity index (χ1v) is 8.86. The topological polar surface area (TPSA) is 38.9 Å². The fourth-order valence-electron chi connectivity index (χ4n) is 3.68. The molecule has 0 fully saturated rings. The molecule has 0 amide bonds. The van der Waals surface area contributed by atoms with Crippen LogP contribution in [0.5, 0.6) is 0 Å². The first-order valence-electron chi connectivity index (χ1n) is 8.48. The van der Waals surface area contributed by atoms with E-state index in [1.54, 1.807) is 0 Å². The normalized spacial score (nSPS) is 11.4. The number of pyridine rings is 1. The number of fused-ring (bicyclic) bond motifs is 5. The van der Waals surface area contributed by atoms with Crippen LogP contribution in [0.1, 0.15) is 0 Å². The molecular weight excluding hydrogens is 340 g/mol. The number of hydrogen-bond acceptors (Lipinski definition) is 2. The molecule has 5 rings (SSSR count). The second-order valence-corrected chi connectivity index (χ2v) is 6.85. The van der Waals surface area contributed by atoms with Crippen molar-refractivity contribution in [3.05, 3.63) is 83.9 Å². The molecule has 5 aromatic rings. The van der Waals surface area contributed by atoms with Gasteiger partial charge in [-0.05, 0) is 40.1 Å². The van der Waals surface area contributed by atoms with Gasteiger partial charge in [0.15, 0.2) is 0 Å². The summed E-state index contributed by atoms with van der Waals surface area (Å²) < 4.78 is 0. The zero-order chi connectivity index (χ0) is 17.7. The fourth-order valence-corrected chi connectivity index (χ4v) is 3.81. The summed E-state index contributed by atoms with van der Waals surface area (Å²) in [4.78, 5) is 4.79. The molecule has 0 aliphatic carbocycles. The summed E-state index contributed by atoms with van der Waals surface area (Å²) in [5, 5.41) is 6.20. The van der Waals surface area contributed by atoms with E-state index >= 15 is 0 Å². The number of aromatic nitrogens is 1. The highest BCUT2D eigenvalue weighted by molar-refractivity contribution is 6.30. The second kappa shape index (κ2) is 5.72. The van der Waals surface area contributed by atoms with E-state index in [0.717, 1.165) is 48.6 Å². The Balaban J connectivity index is 2.05. The molecule has 0 aliphatic rings. The molecule has 3 heteroatoms. The van der Waals surface area contributed by atoms with E-state index in [4.69, 9.17) is 22.3 Å². The van der Waals surface area contributed by atoms with Crippen LogP contribution in [-0.4, -0.2) is 4.98 Å². The lowest BCUT2D eigenvalue weighted by Crippen LogP contribution is -1.95. The Bertz CT molecular complexity index is 1290. The molecule has 124 valence electrons. The van der Waals surface area contributed by atoms with Gasteiger partial charge in [0.2, 0.25) is 0 Å². The van der Waals surface area contributed by atoms with Crippen LogP contribution in [0.3, 0.4) is 0 Å². The highest BCUT2D eigenvalue weighted by Crippen LogP contribution is 2.39. The van der Waals surface area contributed by atoms with Crippen LogP contribution in [0.25, 0.3) is 43.6 Å². The molecule has 0 bridgehead atoms. The third-order valence-electron chi connectivity index (χ3n) is 4.88. The monoisotopic (exact) mass is 354 g/mol. The van der Waals surface area contributed by atoms with Crippen molar-refractivity contribution >= 4 is 49.9 Å². The van der Waals surface area contributed by atoms with Crippen molar-refractivity contribution in [2.45, 2.75) is 0 Å². The third-order valence-corrected chi connectivity index (χ3v) is 5.13. The number of hydrogen-bond donors (Lipinski definition) is 1. The number of benzene rings is 4. The predicted octanol–water partition coefficient (Wildman–Crippen LogP) is 6.44. The number of nitrogens with two attached hydrogens (primary N) is 1. The molecule has 1 aromatic heterocycles. The van der Waals surface area contributed by atoms with Crippen LogP contribution in [0.4, 0.5) is 5.82 Å². The average molecular weight is 355 g/mol. The molecule has 26 heavy (non-hydrogen) atoms. The van der Waals surface area contributed by atoms with Gasteiger partial charge in [-0.3, -0.25) is 0 Å². The number of nitrogens with zero attached hydrogens (tertiary/aromatic N) is 1. The van der Waals surface area contributed by atoms with Gasteiger partial charge in [0, 0.05) is 21.2 Å². The van der Waals surface area contributed by atoms with E-state index in [1.807, 2.05) is 42.5 Å². The van der Waals surface area contributed by atoms with Crippen LogP contribution < -0.4 is 5.73 Å². The van der Waals surface area contributed by atoms with Crippen molar-refractivity contribution in [2.75, 3.05) is 5.73 Å². The van der Waals surface area contributed by atoms with E-state index in [0.29, 0.717) is 5.82 Å². The lowest BCUT2D eigenvalue weighted by atomic mass is 9.92. The third kappa shape index (κ3) is 2.23. The summed E-state index contributed by atoms with van der Waals surface area (Å²) in [6.45, 7) is 0. The minimum absolute atomic E-state index is 0.562. The molecule has 0 saturated carbocycles. The molecule has 0 spiro atoms. The highest BCUT2D eigenvalue weighted by atomic mass is 35.5. The van der Waals surface area contributed by atoms with Crippen molar-refractivity contribution in [1.82, 2.24) is 4.98 Å². The van der Waals surface area contributed by atoms with Gasteiger partial charge in [-0.15, -0.1) is 0 Å². The highest BCUT2D eigenvalue weighted by Gasteiger charge is 2.14. The van der Waals surface area contributed by atoms with Gasteiger partial charge in [0.25, 0.3) is 0 Å². The zero-order valence-corrected chi connectivity index (χ0v) is 14.7. The molecule has 0 atom stereocenters. The van der Waals surface area contributed by atoms with Gasteiger partial charge >= 0.3 is 0 Å². The summed E-state index contributed by atoms with van der Waals surface area (Å²) >= 11 is 6.10. The molecule has 2 N–H and O–H groups in total. The van der Waals surface area contributed by atoms with Crippen molar-refractivity contribution in [1.29, 1.82) is 0 Å². The Morgan fingerprint density at radius 1 is 0.731 bits per heavy atom. The van der Waals surface area contributed by atoms with Gasteiger partial charge in [-0.2, -0.15) is 0 Å². The van der Waals surface area contributed by atoms with E-state index in [2.05, 4.69) is 36.4 Å². The van der Waals surface area contributed by atoms with Crippen LogP contribution >= 0.6 is 11.6 Å². The van der Waals surface area contributed by atoms with Crippen LogP contribution in [0.2, 0.25) is 5.02 Å². The maximum absolute atomic E-state index is 6.29. The maximum Gasteiger partial charge on any atom is 0.132 e. The Hall–Kier alpha value is -3.10. The summed E-state index contributed by atoms with van der Waals surface area (Å²) in [6, 6.07) is 26.7. The minimum atomic E-state index is 0.562. The van der Waals surface area contributed by atoms with Crippen LogP contribution in [-0.2, 0) is 0 Å². The number of nitrogen functional groups attached to an aromatic ring is 1. The van der Waals surface area contributed by atoms with Gasteiger partial charge in [0.1, 0.15) is 5.82 Å². The lowest BCUT2D eigenvalue weighted by Gasteiger charge is -2.14. The van der Waals surface area contributed by atoms with Gasteiger partial charge in [0.05, 0.1) is 5.52 Å². The fraction of sp³-hybridized carbons (Fsp3) is 0. The molecule has 0 radical (unpaired) electrons. The molecule has 0 aliphatic heterocycles. The Labute approximate surface area is 155 Å². The minimum Gasteiger partial charge on any atom is -0.383 e. The van der Waals surface area contributed by atoms with E-state index in [-0.39, 0.29) is 0 Å². The molecule has 2 nitrogen and oxygen atoms in total. The second-order valence-electron chi connectivity index (χ2n) is 6.42. The van der Waals surface area contributed by atoms with Crippen molar-refractivity contribution in [3.63, 3.8) is 0 Å². The first kappa shape index (κ1) is 15.2. The number of rotatable bonds is 1. The summed E-state index contributed by atoms with van der Waals surface area (Å²) in [7, 11) is 0. The summed E-state index contributed by atoms with van der Waals surface area (Å²) in [5.74, 6) is 0.562. The molecule has 0 saturated heterocycles. The Morgan fingerprint density at radius 3 is 2.15 bits per heavy atom. The number of anilines is 1. The van der Waals surface area contributed by atoms with E-state index in [1.165, 1.54) is 0 Å². The first-order chi connectivity index (χ1) is 12.7. The average Bonchev–Trinajstić information content (AvgIpc) is 2.68.